The monoisotopic (exact) mass is 267 g/mol. The largest absolute Gasteiger partial charge is 0.383 e. The van der Waals surface area contributed by atoms with Crippen LogP contribution in [-0.2, 0) is 12.1 Å². The number of nitrogens with one attached hydrogen (secondary N) is 1. The Bertz CT molecular complexity index is 459. The molecule has 0 aliphatic rings. The summed E-state index contributed by atoms with van der Waals surface area (Å²) in [4.78, 5) is 3.64. The van der Waals surface area contributed by atoms with Crippen LogP contribution in [0.15, 0.2) is 29.6 Å². The number of rotatable bonds is 5. The van der Waals surface area contributed by atoms with E-state index in [-0.39, 0.29) is 0 Å². The highest BCUT2D eigenvalue weighted by Crippen LogP contribution is 2.24. The van der Waals surface area contributed by atoms with Gasteiger partial charge < -0.3 is 10.4 Å². The Hall–Kier alpha value is -0.680. The molecule has 2 aromatic heterocycles. The van der Waals surface area contributed by atoms with Gasteiger partial charge in [0, 0.05) is 27.7 Å². The molecule has 0 bridgehead atoms. The molecule has 1 unspecified atom stereocenters. The van der Waals surface area contributed by atoms with E-state index in [1.807, 2.05) is 24.4 Å². The molecular weight excluding hydrogens is 250 g/mol. The third-order valence-corrected chi connectivity index (χ3v) is 4.74. The summed E-state index contributed by atoms with van der Waals surface area (Å²) in [6, 6.07) is 8.20. The number of thiophene rings is 2. The molecule has 2 N–H and O–H groups in total. The Balaban J connectivity index is 1.86. The maximum Gasteiger partial charge on any atom is 0.108 e. The van der Waals surface area contributed by atoms with Gasteiger partial charge in [0.05, 0.1) is 0 Å². The molecule has 17 heavy (non-hydrogen) atoms. The summed E-state index contributed by atoms with van der Waals surface area (Å²) >= 11 is 3.39. The summed E-state index contributed by atoms with van der Waals surface area (Å²) in [7, 11) is 0. The SMILES string of the molecule is Cc1ccc(CNCC(C)(O)c2cccs2)s1. The minimum absolute atomic E-state index is 0.574. The van der Waals surface area contributed by atoms with Gasteiger partial charge in [0.25, 0.3) is 0 Å². The van der Waals surface area contributed by atoms with E-state index < -0.39 is 5.60 Å². The number of aryl methyl sites for hydroxylation is 1. The molecule has 0 saturated heterocycles. The molecule has 2 heterocycles. The maximum absolute atomic E-state index is 10.3. The van der Waals surface area contributed by atoms with Gasteiger partial charge in [-0.05, 0) is 37.4 Å². The molecule has 0 aromatic carbocycles. The van der Waals surface area contributed by atoms with Gasteiger partial charge in [-0.15, -0.1) is 22.7 Å². The highest BCUT2D eigenvalue weighted by Gasteiger charge is 2.23. The zero-order chi connectivity index (χ0) is 12.3. The number of hydrogen-bond acceptors (Lipinski definition) is 4. The molecule has 2 rings (SSSR count). The lowest BCUT2D eigenvalue weighted by Gasteiger charge is -2.22. The molecule has 0 saturated carbocycles. The summed E-state index contributed by atoms with van der Waals surface area (Å²) in [5.74, 6) is 0. The van der Waals surface area contributed by atoms with Gasteiger partial charge in [-0.25, -0.2) is 0 Å². The van der Waals surface area contributed by atoms with Crippen LogP contribution >= 0.6 is 22.7 Å². The van der Waals surface area contributed by atoms with E-state index in [9.17, 15) is 5.11 Å². The standard InChI is InChI=1S/C13H17NOS2/c1-10-5-6-11(17-10)8-14-9-13(2,15)12-4-3-7-16-12/h3-7,14-15H,8-9H2,1-2H3. The summed E-state index contributed by atoms with van der Waals surface area (Å²) in [6.07, 6.45) is 0. The van der Waals surface area contributed by atoms with Crippen LogP contribution in [-0.4, -0.2) is 11.7 Å². The Kier molecular flexibility index (Phi) is 3.99. The third kappa shape index (κ3) is 3.39. The van der Waals surface area contributed by atoms with Crippen LogP contribution in [0.1, 0.15) is 21.6 Å². The molecule has 4 heteroatoms. The third-order valence-electron chi connectivity index (χ3n) is 2.62. The van der Waals surface area contributed by atoms with Crippen molar-refractivity contribution in [1.82, 2.24) is 5.32 Å². The van der Waals surface area contributed by atoms with E-state index in [0.29, 0.717) is 6.54 Å². The van der Waals surface area contributed by atoms with Crippen LogP contribution < -0.4 is 5.32 Å². The first-order valence-corrected chi connectivity index (χ1v) is 7.30. The van der Waals surface area contributed by atoms with Gasteiger partial charge in [0.15, 0.2) is 0 Å². The van der Waals surface area contributed by atoms with Crippen molar-refractivity contribution in [3.63, 3.8) is 0 Å². The number of aliphatic hydroxyl groups is 1. The zero-order valence-electron chi connectivity index (χ0n) is 10.1. The van der Waals surface area contributed by atoms with Crippen molar-refractivity contribution >= 4 is 22.7 Å². The van der Waals surface area contributed by atoms with Crippen molar-refractivity contribution in [2.45, 2.75) is 26.0 Å². The molecule has 1 atom stereocenters. The first-order valence-electron chi connectivity index (χ1n) is 5.60. The molecule has 2 nitrogen and oxygen atoms in total. The summed E-state index contributed by atoms with van der Waals surface area (Å²) < 4.78 is 0. The molecule has 0 spiro atoms. The average molecular weight is 267 g/mol. The van der Waals surface area contributed by atoms with Gasteiger partial charge >= 0.3 is 0 Å². The molecule has 0 radical (unpaired) electrons. The van der Waals surface area contributed by atoms with Crippen molar-refractivity contribution in [3.05, 3.63) is 44.3 Å². The predicted molar refractivity (Wildman–Crippen MR) is 74.7 cm³/mol. The second kappa shape index (κ2) is 5.31. The van der Waals surface area contributed by atoms with Crippen molar-refractivity contribution in [2.75, 3.05) is 6.54 Å². The summed E-state index contributed by atoms with van der Waals surface area (Å²) in [6.45, 7) is 5.35. The van der Waals surface area contributed by atoms with Gasteiger partial charge in [-0.1, -0.05) is 6.07 Å². The second-order valence-corrected chi connectivity index (χ2v) is 6.69. The van der Waals surface area contributed by atoms with E-state index in [4.69, 9.17) is 0 Å². The molecule has 0 amide bonds. The fraction of sp³-hybridized carbons (Fsp3) is 0.385. The lowest BCUT2D eigenvalue weighted by atomic mass is 10.1. The second-order valence-electron chi connectivity index (χ2n) is 4.37. The van der Waals surface area contributed by atoms with Crippen molar-refractivity contribution in [2.24, 2.45) is 0 Å². The predicted octanol–water partition coefficient (Wildman–Crippen LogP) is 3.12. The van der Waals surface area contributed by atoms with Gasteiger partial charge in [0.2, 0.25) is 0 Å². The van der Waals surface area contributed by atoms with Gasteiger partial charge in [-0.3, -0.25) is 0 Å². The number of hydrogen-bond donors (Lipinski definition) is 2. The minimum atomic E-state index is -0.777. The lowest BCUT2D eigenvalue weighted by molar-refractivity contribution is 0.0605. The Morgan fingerprint density at radius 1 is 1.35 bits per heavy atom. The maximum atomic E-state index is 10.3. The Morgan fingerprint density at radius 2 is 2.18 bits per heavy atom. The van der Waals surface area contributed by atoms with Crippen LogP contribution in [0.2, 0.25) is 0 Å². The smallest absolute Gasteiger partial charge is 0.108 e. The first kappa shape index (κ1) is 12.8. The Morgan fingerprint density at radius 3 is 2.76 bits per heavy atom. The van der Waals surface area contributed by atoms with Crippen LogP contribution in [0.4, 0.5) is 0 Å². The molecule has 92 valence electrons. The molecule has 0 aliphatic heterocycles. The molecule has 0 fully saturated rings. The van der Waals surface area contributed by atoms with Crippen molar-refractivity contribution in [1.29, 1.82) is 0 Å². The fourth-order valence-electron chi connectivity index (χ4n) is 1.68. The van der Waals surface area contributed by atoms with Crippen LogP contribution in [0.25, 0.3) is 0 Å². The van der Waals surface area contributed by atoms with Crippen LogP contribution in [0.3, 0.4) is 0 Å². The van der Waals surface area contributed by atoms with Crippen molar-refractivity contribution in [3.8, 4) is 0 Å². The van der Waals surface area contributed by atoms with Gasteiger partial charge in [0.1, 0.15) is 5.60 Å². The van der Waals surface area contributed by atoms with Gasteiger partial charge in [-0.2, -0.15) is 0 Å². The summed E-state index contributed by atoms with van der Waals surface area (Å²) in [5, 5.41) is 15.6. The zero-order valence-corrected chi connectivity index (χ0v) is 11.7. The van der Waals surface area contributed by atoms with E-state index in [2.05, 4.69) is 24.4 Å². The topological polar surface area (TPSA) is 32.3 Å². The molecule has 0 aliphatic carbocycles. The van der Waals surface area contributed by atoms with Crippen LogP contribution in [0.5, 0.6) is 0 Å². The minimum Gasteiger partial charge on any atom is -0.383 e. The van der Waals surface area contributed by atoms with Crippen LogP contribution in [0, 0.1) is 6.92 Å². The van der Waals surface area contributed by atoms with E-state index in [1.165, 1.54) is 9.75 Å². The Labute approximate surface area is 110 Å². The summed E-state index contributed by atoms with van der Waals surface area (Å²) in [5.41, 5.74) is -0.777. The molecule has 2 aromatic rings. The van der Waals surface area contributed by atoms with E-state index in [1.54, 1.807) is 22.7 Å². The fourth-order valence-corrected chi connectivity index (χ4v) is 3.33. The first-order chi connectivity index (χ1) is 8.08. The highest BCUT2D eigenvalue weighted by atomic mass is 32.1. The van der Waals surface area contributed by atoms with E-state index >= 15 is 0 Å². The molecular formula is C13H17NOS2. The van der Waals surface area contributed by atoms with Crippen molar-refractivity contribution < 1.29 is 5.11 Å². The normalized spacial score (nSPS) is 14.8. The lowest BCUT2D eigenvalue weighted by Crippen LogP contribution is -2.34. The highest BCUT2D eigenvalue weighted by molar-refractivity contribution is 7.11. The quantitative estimate of drug-likeness (QED) is 0.872. The van der Waals surface area contributed by atoms with E-state index in [0.717, 1.165) is 11.4 Å². The average Bonchev–Trinajstić information content (AvgIpc) is 2.89.